The van der Waals surface area contributed by atoms with E-state index in [9.17, 15) is 4.79 Å². The summed E-state index contributed by atoms with van der Waals surface area (Å²) in [5.41, 5.74) is 2.46. The quantitative estimate of drug-likeness (QED) is 0.864. The number of carbonyl (C=O) groups excluding carboxylic acids is 1. The third kappa shape index (κ3) is 2.64. The molecule has 1 saturated heterocycles. The zero-order valence-electron chi connectivity index (χ0n) is 11.1. The van der Waals surface area contributed by atoms with Crippen molar-refractivity contribution >= 4 is 6.29 Å². The van der Waals surface area contributed by atoms with Crippen LogP contribution in [-0.2, 0) is 9.53 Å². The number of nitrogens with one attached hydrogen (secondary N) is 1. The molecule has 0 bridgehead atoms. The SMILES string of the molecule is O=CC1NC(C(c2ccccc2)c2ccccc2)CO1. The average Bonchev–Trinajstić information content (AvgIpc) is 2.98. The maximum atomic E-state index is 10.9. The lowest BCUT2D eigenvalue weighted by molar-refractivity contribution is -0.116. The van der Waals surface area contributed by atoms with Gasteiger partial charge in [-0.1, -0.05) is 60.7 Å². The molecule has 1 heterocycles. The van der Waals surface area contributed by atoms with E-state index in [0.29, 0.717) is 6.61 Å². The van der Waals surface area contributed by atoms with Crippen molar-refractivity contribution in [3.05, 3.63) is 71.8 Å². The Morgan fingerprint density at radius 2 is 1.55 bits per heavy atom. The van der Waals surface area contributed by atoms with Crippen LogP contribution in [0.5, 0.6) is 0 Å². The summed E-state index contributed by atoms with van der Waals surface area (Å²) in [6.45, 7) is 0.540. The van der Waals surface area contributed by atoms with Crippen LogP contribution in [0.4, 0.5) is 0 Å². The van der Waals surface area contributed by atoms with E-state index >= 15 is 0 Å². The van der Waals surface area contributed by atoms with Gasteiger partial charge < -0.3 is 4.74 Å². The van der Waals surface area contributed by atoms with E-state index < -0.39 is 6.23 Å². The summed E-state index contributed by atoms with van der Waals surface area (Å²) < 4.78 is 5.46. The lowest BCUT2D eigenvalue weighted by Gasteiger charge is -2.24. The summed E-state index contributed by atoms with van der Waals surface area (Å²) in [6, 6.07) is 20.8. The Bertz CT molecular complexity index is 516. The second kappa shape index (κ2) is 5.99. The van der Waals surface area contributed by atoms with Crippen molar-refractivity contribution in [3.8, 4) is 0 Å². The van der Waals surface area contributed by atoms with E-state index in [4.69, 9.17) is 4.74 Å². The average molecular weight is 267 g/mol. The first-order valence-electron chi connectivity index (χ1n) is 6.81. The summed E-state index contributed by atoms with van der Waals surface area (Å²) in [4.78, 5) is 10.9. The fourth-order valence-corrected chi connectivity index (χ4v) is 2.76. The number of rotatable bonds is 4. The number of carbonyl (C=O) groups is 1. The van der Waals surface area contributed by atoms with Crippen molar-refractivity contribution in [2.45, 2.75) is 18.2 Å². The smallest absolute Gasteiger partial charge is 0.164 e. The highest BCUT2D eigenvalue weighted by molar-refractivity contribution is 5.56. The molecule has 0 amide bonds. The second-order valence-corrected chi connectivity index (χ2v) is 4.96. The summed E-state index contributed by atoms with van der Waals surface area (Å²) in [6.07, 6.45) is 0.322. The van der Waals surface area contributed by atoms with Crippen LogP contribution in [-0.4, -0.2) is 25.2 Å². The van der Waals surface area contributed by atoms with E-state index in [0.717, 1.165) is 6.29 Å². The van der Waals surface area contributed by atoms with E-state index in [1.807, 2.05) is 36.4 Å². The summed E-state index contributed by atoms with van der Waals surface area (Å²) >= 11 is 0. The molecule has 1 N–H and O–H groups in total. The second-order valence-electron chi connectivity index (χ2n) is 4.96. The molecule has 1 aliphatic heterocycles. The molecule has 0 aliphatic carbocycles. The lowest BCUT2D eigenvalue weighted by atomic mass is 9.85. The van der Waals surface area contributed by atoms with Gasteiger partial charge in [-0.3, -0.25) is 10.1 Å². The predicted molar refractivity (Wildman–Crippen MR) is 77.5 cm³/mol. The van der Waals surface area contributed by atoms with E-state index in [-0.39, 0.29) is 12.0 Å². The number of hydrogen-bond acceptors (Lipinski definition) is 3. The van der Waals surface area contributed by atoms with Gasteiger partial charge in [0.15, 0.2) is 12.5 Å². The molecule has 2 atom stereocenters. The molecule has 3 rings (SSSR count). The lowest BCUT2D eigenvalue weighted by Crippen LogP contribution is -2.36. The molecule has 3 heteroatoms. The summed E-state index contributed by atoms with van der Waals surface area (Å²) in [5.74, 6) is 0.183. The van der Waals surface area contributed by atoms with Gasteiger partial charge in [0.1, 0.15) is 0 Å². The van der Waals surface area contributed by atoms with Gasteiger partial charge >= 0.3 is 0 Å². The van der Waals surface area contributed by atoms with Gasteiger partial charge in [-0.2, -0.15) is 0 Å². The molecule has 0 aromatic heterocycles. The number of hydrogen-bond donors (Lipinski definition) is 1. The minimum absolute atomic E-state index is 0.106. The van der Waals surface area contributed by atoms with Gasteiger partial charge in [0, 0.05) is 12.0 Å². The van der Waals surface area contributed by atoms with Crippen molar-refractivity contribution < 1.29 is 9.53 Å². The molecular formula is C17H17NO2. The van der Waals surface area contributed by atoms with Crippen LogP contribution >= 0.6 is 0 Å². The minimum Gasteiger partial charge on any atom is -0.355 e. The number of aldehydes is 1. The number of ether oxygens (including phenoxy) is 1. The highest BCUT2D eigenvalue weighted by Crippen LogP contribution is 2.30. The van der Waals surface area contributed by atoms with Crippen molar-refractivity contribution in [2.24, 2.45) is 0 Å². The molecule has 0 radical (unpaired) electrons. The maximum Gasteiger partial charge on any atom is 0.164 e. The van der Waals surface area contributed by atoms with E-state index in [1.54, 1.807) is 0 Å². The normalized spacial score (nSPS) is 22.1. The monoisotopic (exact) mass is 267 g/mol. The van der Waals surface area contributed by atoms with Crippen molar-refractivity contribution in [1.82, 2.24) is 5.32 Å². The standard InChI is InChI=1S/C17H17NO2/c19-11-16-18-15(12-20-16)17(13-7-3-1-4-8-13)14-9-5-2-6-10-14/h1-11,15-18H,12H2. The zero-order chi connectivity index (χ0) is 13.8. The third-order valence-corrected chi connectivity index (χ3v) is 3.68. The summed E-state index contributed by atoms with van der Waals surface area (Å²) in [5, 5.41) is 3.25. The first-order valence-corrected chi connectivity index (χ1v) is 6.81. The largest absolute Gasteiger partial charge is 0.355 e. The Balaban J connectivity index is 1.94. The molecule has 1 fully saturated rings. The molecule has 102 valence electrons. The molecule has 2 aromatic rings. The minimum atomic E-state index is -0.491. The van der Waals surface area contributed by atoms with Crippen LogP contribution in [0.15, 0.2) is 60.7 Å². The van der Waals surface area contributed by atoms with E-state index in [1.165, 1.54) is 11.1 Å². The Morgan fingerprint density at radius 3 is 2.00 bits per heavy atom. The molecule has 2 unspecified atom stereocenters. The Labute approximate surface area is 118 Å². The first kappa shape index (κ1) is 13.0. The highest BCUT2D eigenvalue weighted by atomic mass is 16.5. The zero-order valence-corrected chi connectivity index (χ0v) is 11.1. The molecule has 2 aromatic carbocycles. The van der Waals surface area contributed by atoms with Crippen LogP contribution in [0, 0.1) is 0 Å². The fraction of sp³-hybridized carbons (Fsp3) is 0.235. The van der Waals surface area contributed by atoms with Crippen molar-refractivity contribution in [1.29, 1.82) is 0 Å². The molecule has 0 spiro atoms. The maximum absolute atomic E-state index is 10.9. The van der Waals surface area contributed by atoms with Crippen molar-refractivity contribution in [3.63, 3.8) is 0 Å². The van der Waals surface area contributed by atoms with Crippen LogP contribution < -0.4 is 5.32 Å². The van der Waals surface area contributed by atoms with Crippen LogP contribution in [0.3, 0.4) is 0 Å². The topological polar surface area (TPSA) is 38.3 Å². The first-order chi connectivity index (χ1) is 9.88. The van der Waals surface area contributed by atoms with E-state index in [2.05, 4.69) is 29.6 Å². The molecule has 20 heavy (non-hydrogen) atoms. The van der Waals surface area contributed by atoms with Gasteiger partial charge in [-0.15, -0.1) is 0 Å². The molecular weight excluding hydrogens is 250 g/mol. The third-order valence-electron chi connectivity index (χ3n) is 3.68. The van der Waals surface area contributed by atoms with Gasteiger partial charge in [0.25, 0.3) is 0 Å². The Morgan fingerprint density at radius 1 is 1.00 bits per heavy atom. The van der Waals surface area contributed by atoms with Gasteiger partial charge in [0.2, 0.25) is 0 Å². The van der Waals surface area contributed by atoms with Crippen molar-refractivity contribution in [2.75, 3.05) is 6.61 Å². The molecule has 0 saturated carbocycles. The number of benzene rings is 2. The van der Waals surface area contributed by atoms with Crippen LogP contribution in [0.25, 0.3) is 0 Å². The highest BCUT2D eigenvalue weighted by Gasteiger charge is 2.32. The molecule has 3 nitrogen and oxygen atoms in total. The Hall–Kier alpha value is -1.97. The Kier molecular flexibility index (Phi) is 3.90. The fourth-order valence-electron chi connectivity index (χ4n) is 2.76. The van der Waals surface area contributed by atoms with Gasteiger partial charge in [0.05, 0.1) is 6.61 Å². The summed E-state index contributed by atoms with van der Waals surface area (Å²) in [7, 11) is 0. The van der Waals surface area contributed by atoms with Crippen LogP contribution in [0.2, 0.25) is 0 Å². The predicted octanol–water partition coefficient (Wildman–Crippen LogP) is 2.33. The van der Waals surface area contributed by atoms with Gasteiger partial charge in [-0.25, -0.2) is 0 Å². The van der Waals surface area contributed by atoms with Crippen LogP contribution in [0.1, 0.15) is 17.0 Å². The molecule has 1 aliphatic rings. The van der Waals surface area contributed by atoms with Gasteiger partial charge in [-0.05, 0) is 11.1 Å².